The molecule has 0 bridgehead atoms. The van der Waals surface area contributed by atoms with Crippen LogP contribution in [-0.2, 0) is 18.9 Å². The van der Waals surface area contributed by atoms with Crippen LogP contribution in [0.4, 0.5) is 0 Å². The molecule has 2 heterocycles. The Hall–Kier alpha value is -2.94. The van der Waals surface area contributed by atoms with E-state index in [1.165, 1.54) is 25.6 Å². The number of aliphatic carboxylic acids is 1. The third-order valence-electron chi connectivity index (χ3n) is 4.16. The molecule has 0 amide bonds. The second kappa shape index (κ2) is 6.99. The molecule has 0 aliphatic carbocycles. The fraction of sp³-hybridized carbons (Fsp3) is 0.278. The highest BCUT2D eigenvalue weighted by Crippen LogP contribution is 2.28. The Balaban J connectivity index is 2.40. The number of carbonyl (C=O) groups is 1. The molecule has 8 nitrogen and oxygen atoms in total. The Bertz CT molecular complexity index is 1180. The van der Waals surface area contributed by atoms with Crippen LogP contribution in [0.25, 0.3) is 22.4 Å². The molecule has 0 aliphatic rings. The summed E-state index contributed by atoms with van der Waals surface area (Å²) in [7, 11) is 2.86. The van der Waals surface area contributed by atoms with Crippen molar-refractivity contribution in [1.29, 1.82) is 0 Å². The maximum atomic E-state index is 12.7. The van der Waals surface area contributed by atoms with Crippen molar-refractivity contribution in [3.05, 3.63) is 50.7 Å². The summed E-state index contributed by atoms with van der Waals surface area (Å²) in [6.45, 7) is 3.37. The van der Waals surface area contributed by atoms with E-state index in [0.29, 0.717) is 11.4 Å². The zero-order valence-electron chi connectivity index (χ0n) is 15.2. The number of aryl methyl sites for hydroxylation is 2. The number of carboxylic acid groups (broad SMARTS) is 1. The Labute approximate surface area is 158 Å². The lowest BCUT2D eigenvalue weighted by Crippen LogP contribution is -2.38. The van der Waals surface area contributed by atoms with Gasteiger partial charge in [-0.05, 0) is 19.9 Å². The second-order valence-electron chi connectivity index (χ2n) is 6.21. The lowest BCUT2D eigenvalue weighted by molar-refractivity contribution is -0.304. The van der Waals surface area contributed by atoms with Gasteiger partial charge in [0.15, 0.2) is 11.5 Å². The molecule has 0 N–H and O–H groups in total. The number of benzene rings is 1. The van der Waals surface area contributed by atoms with E-state index in [0.717, 1.165) is 21.9 Å². The fourth-order valence-electron chi connectivity index (χ4n) is 2.64. The summed E-state index contributed by atoms with van der Waals surface area (Å²) in [5, 5.41) is 10.6. The van der Waals surface area contributed by atoms with Crippen LogP contribution in [0, 0.1) is 6.92 Å². The number of hydrogen-bond acceptors (Lipinski definition) is 7. The third-order valence-corrected chi connectivity index (χ3v) is 5.23. The van der Waals surface area contributed by atoms with Crippen LogP contribution < -0.4 is 16.4 Å². The molecule has 3 aromatic rings. The number of rotatable bonds is 4. The molecule has 3 rings (SSSR count). The van der Waals surface area contributed by atoms with E-state index in [1.807, 2.05) is 31.2 Å². The average Bonchev–Trinajstić information content (AvgIpc) is 2.63. The van der Waals surface area contributed by atoms with Crippen molar-refractivity contribution >= 4 is 28.8 Å². The van der Waals surface area contributed by atoms with E-state index in [4.69, 9.17) is 0 Å². The predicted octanol–water partition coefficient (Wildman–Crippen LogP) is 0.233. The maximum absolute atomic E-state index is 12.7. The van der Waals surface area contributed by atoms with Gasteiger partial charge >= 0.3 is 5.69 Å². The number of carbonyl (C=O) groups excluding carboxylic acids is 1. The zero-order chi connectivity index (χ0) is 19.9. The van der Waals surface area contributed by atoms with Gasteiger partial charge in [-0.1, -0.05) is 35.5 Å². The van der Waals surface area contributed by atoms with Gasteiger partial charge in [0, 0.05) is 24.9 Å². The van der Waals surface area contributed by atoms with Crippen LogP contribution in [0.3, 0.4) is 0 Å². The SMILES string of the molecule is Cc1cccc(-c2nc(S[C@H](C)C(=O)[O-])c3c(=O)n(C)c(=O)n(C)c3n2)c1. The quantitative estimate of drug-likeness (QED) is 0.467. The van der Waals surface area contributed by atoms with Gasteiger partial charge in [-0.3, -0.25) is 13.9 Å². The van der Waals surface area contributed by atoms with Gasteiger partial charge in [0.25, 0.3) is 5.56 Å². The molecule has 0 saturated heterocycles. The van der Waals surface area contributed by atoms with Crippen molar-refractivity contribution in [2.45, 2.75) is 24.1 Å². The molecule has 2 aromatic heterocycles. The van der Waals surface area contributed by atoms with Crippen LogP contribution in [-0.4, -0.2) is 30.3 Å². The maximum Gasteiger partial charge on any atom is 0.332 e. The number of hydrogen-bond donors (Lipinski definition) is 0. The standard InChI is InChI=1S/C18H18N4O4S/c1-9-6-5-7-11(8-9)13-19-14-12(15(20-13)27-10(2)17(24)25)16(23)22(4)18(26)21(14)3/h5-8,10H,1-4H3,(H,24,25)/p-1/t10-/m1/s1. The van der Waals surface area contributed by atoms with Gasteiger partial charge in [-0.25, -0.2) is 14.8 Å². The molecular weight excluding hydrogens is 368 g/mol. The van der Waals surface area contributed by atoms with Crippen LogP contribution in [0.1, 0.15) is 12.5 Å². The van der Waals surface area contributed by atoms with E-state index in [2.05, 4.69) is 9.97 Å². The van der Waals surface area contributed by atoms with E-state index < -0.39 is 22.5 Å². The van der Waals surface area contributed by atoms with Crippen LogP contribution in [0.2, 0.25) is 0 Å². The monoisotopic (exact) mass is 385 g/mol. The largest absolute Gasteiger partial charge is 0.549 e. The summed E-state index contributed by atoms with van der Waals surface area (Å²) in [6.07, 6.45) is 0. The van der Waals surface area contributed by atoms with E-state index >= 15 is 0 Å². The Morgan fingerprint density at radius 2 is 1.89 bits per heavy atom. The van der Waals surface area contributed by atoms with Crippen LogP contribution in [0.5, 0.6) is 0 Å². The molecule has 0 radical (unpaired) electrons. The normalized spacial score (nSPS) is 12.3. The van der Waals surface area contributed by atoms with Crippen LogP contribution in [0.15, 0.2) is 38.9 Å². The molecule has 0 unspecified atom stereocenters. The van der Waals surface area contributed by atoms with Gasteiger partial charge < -0.3 is 9.90 Å². The van der Waals surface area contributed by atoms with Gasteiger partial charge in [0.05, 0.1) is 5.97 Å². The summed E-state index contributed by atoms with van der Waals surface area (Å²) < 4.78 is 2.21. The first kappa shape index (κ1) is 18.8. The summed E-state index contributed by atoms with van der Waals surface area (Å²) in [5.41, 5.74) is 0.754. The lowest BCUT2D eigenvalue weighted by Gasteiger charge is -2.15. The molecule has 0 spiro atoms. The Morgan fingerprint density at radius 3 is 2.52 bits per heavy atom. The Morgan fingerprint density at radius 1 is 1.19 bits per heavy atom. The highest BCUT2D eigenvalue weighted by atomic mass is 32.2. The number of thioether (sulfide) groups is 1. The van der Waals surface area contributed by atoms with Crippen molar-refractivity contribution in [3.63, 3.8) is 0 Å². The Kier molecular flexibility index (Phi) is 4.88. The molecule has 0 fully saturated rings. The molecule has 9 heteroatoms. The minimum Gasteiger partial charge on any atom is -0.549 e. The number of carboxylic acids is 1. The fourth-order valence-corrected chi connectivity index (χ4v) is 3.51. The van der Waals surface area contributed by atoms with Crippen molar-refractivity contribution in [2.24, 2.45) is 14.1 Å². The first-order valence-corrected chi connectivity index (χ1v) is 9.01. The minimum absolute atomic E-state index is 0.106. The topological polar surface area (TPSA) is 110 Å². The van der Waals surface area contributed by atoms with E-state index in [-0.39, 0.29) is 16.1 Å². The number of aromatic nitrogens is 4. The molecular formula is C18H17N4O4S-. The number of nitrogens with zero attached hydrogens (tertiary/aromatic N) is 4. The smallest absolute Gasteiger partial charge is 0.332 e. The highest BCUT2D eigenvalue weighted by Gasteiger charge is 2.20. The molecule has 27 heavy (non-hydrogen) atoms. The molecule has 0 aliphatic heterocycles. The number of fused-ring (bicyclic) bond motifs is 1. The summed E-state index contributed by atoms with van der Waals surface area (Å²) in [5.74, 6) is -0.965. The van der Waals surface area contributed by atoms with Crippen molar-refractivity contribution in [2.75, 3.05) is 0 Å². The van der Waals surface area contributed by atoms with Gasteiger partial charge in [0.2, 0.25) is 0 Å². The second-order valence-corrected chi connectivity index (χ2v) is 7.53. The first-order valence-electron chi connectivity index (χ1n) is 8.13. The third kappa shape index (κ3) is 3.37. The summed E-state index contributed by atoms with van der Waals surface area (Å²) in [6, 6.07) is 7.45. The van der Waals surface area contributed by atoms with E-state index in [1.54, 1.807) is 0 Å². The first-order chi connectivity index (χ1) is 12.7. The average molecular weight is 385 g/mol. The van der Waals surface area contributed by atoms with Crippen LogP contribution >= 0.6 is 11.8 Å². The van der Waals surface area contributed by atoms with Crippen molar-refractivity contribution in [3.8, 4) is 11.4 Å². The predicted molar refractivity (Wildman–Crippen MR) is 101 cm³/mol. The highest BCUT2D eigenvalue weighted by molar-refractivity contribution is 8.00. The van der Waals surface area contributed by atoms with E-state index in [9.17, 15) is 19.5 Å². The molecule has 1 atom stereocenters. The molecule has 0 saturated carbocycles. The minimum atomic E-state index is -1.27. The molecule has 1 aromatic carbocycles. The van der Waals surface area contributed by atoms with Gasteiger partial charge in [-0.2, -0.15) is 0 Å². The molecule has 140 valence electrons. The lowest BCUT2D eigenvalue weighted by atomic mass is 10.1. The zero-order valence-corrected chi connectivity index (χ0v) is 16.0. The summed E-state index contributed by atoms with van der Waals surface area (Å²) >= 11 is 0.890. The van der Waals surface area contributed by atoms with Crippen molar-refractivity contribution < 1.29 is 9.90 Å². The van der Waals surface area contributed by atoms with Crippen molar-refractivity contribution in [1.82, 2.24) is 19.1 Å². The summed E-state index contributed by atoms with van der Waals surface area (Å²) in [4.78, 5) is 45.0. The van der Waals surface area contributed by atoms with Gasteiger partial charge in [-0.15, -0.1) is 0 Å². The van der Waals surface area contributed by atoms with Gasteiger partial charge in [0.1, 0.15) is 10.4 Å².